The predicted octanol–water partition coefficient (Wildman–Crippen LogP) is 2.53. The van der Waals surface area contributed by atoms with E-state index in [1.54, 1.807) is 6.07 Å². The zero-order valence-electron chi connectivity index (χ0n) is 13.6. The van der Waals surface area contributed by atoms with E-state index in [4.69, 9.17) is 0 Å². The first-order chi connectivity index (χ1) is 11.0. The maximum Gasteiger partial charge on any atom is 0.189 e. The summed E-state index contributed by atoms with van der Waals surface area (Å²) < 4.78 is 0. The SMILES string of the molecule is Cc1ccc2[nH]c(CNCc3nc(C)cc(C)n3)cc(=O)c2c1. The largest absolute Gasteiger partial charge is 0.357 e. The molecule has 5 heteroatoms. The number of aromatic nitrogens is 3. The Labute approximate surface area is 134 Å². The van der Waals surface area contributed by atoms with Gasteiger partial charge in [-0.3, -0.25) is 4.79 Å². The maximum absolute atomic E-state index is 12.2. The Balaban J connectivity index is 1.74. The zero-order chi connectivity index (χ0) is 16.4. The van der Waals surface area contributed by atoms with E-state index in [9.17, 15) is 4.79 Å². The lowest BCUT2D eigenvalue weighted by molar-refractivity contribution is 0.648. The topological polar surface area (TPSA) is 70.7 Å². The van der Waals surface area contributed by atoms with Gasteiger partial charge in [-0.05, 0) is 39.0 Å². The lowest BCUT2D eigenvalue weighted by Gasteiger charge is -2.07. The first-order valence-electron chi connectivity index (χ1n) is 7.66. The monoisotopic (exact) mass is 308 g/mol. The number of hydrogen-bond acceptors (Lipinski definition) is 4. The number of nitrogens with zero attached hydrogens (tertiary/aromatic N) is 2. The van der Waals surface area contributed by atoms with Crippen molar-refractivity contribution in [3.05, 3.63) is 69.0 Å². The van der Waals surface area contributed by atoms with Crippen molar-refractivity contribution >= 4 is 10.9 Å². The van der Waals surface area contributed by atoms with E-state index < -0.39 is 0 Å². The Morgan fingerprint density at radius 3 is 2.48 bits per heavy atom. The summed E-state index contributed by atoms with van der Waals surface area (Å²) in [5.74, 6) is 0.765. The van der Waals surface area contributed by atoms with E-state index in [0.717, 1.165) is 39.4 Å². The van der Waals surface area contributed by atoms with Crippen molar-refractivity contribution in [1.82, 2.24) is 20.3 Å². The molecule has 0 saturated carbocycles. The first kappa shape index (κ1) is 15.4. The Hall–Kier alpha value is -2.53. The van der Waals surface area contributed by atoms with Crippen LogP contribution in [0.3, 0.4) is 0 Å². The van der Waals surface area contributed by atoms with E-state index in [2.05, 4.69) is 20.3 Å². The summed E-state index contributed by atoms with van der Waals surface area (Å²) in [6, 6.07) is 9.46. The zero-order valence-corrected chi connectivity index (χ0v) is 13.6. The van der Waals surface area contributed by atoms with Crippen molar-refractivity contribution in [1.29, 1.82) is 0 Å². The van der Waals surface area contributed by atoms with E-state index in [0.29, 0.717) is 13.1 Å². The van der Waals surface area contributed by atoms with Crippen LogP contribution >= 0.6 is 0 Å². The summed E-state index contributed by atoms with van der Waals surface area (Å²) in [5.41, 5.74) is 4.77. The highest BCUT2D eigenvalue weighted by molar-refractivity contribution is 5.79. The second-order valence-corrected chi connectivity index (χ2v) is 5.88. The lowest BCUT2D eigenvalue weighted by atomic mass is 10.1. The molecule has 0 aliphatic rings. The van der Waals surface area contributed by atoms with Crippen molar-refractivity contribution < 1.29 is 0 Å². The van der Waals surface area contributed by atoms with Crippen LogP contribution < -0.4 is 10.7 Å². The van der Waals surface area contributed by atoms with Crippen molar-refractivity contribution in [3.8, 4) is 0 Å². The molecule has 0 fully saturated rings. The first-order valence-corrected chi connectivity index (χ1v) is 7.66. The third kappa shape index (κ3) is 3.63. The molecule has 23 heavy (non-hydrogen) atoms. The van der Waals surface area contributed by atoms with E-state index in [1.165, 1.54) is 0 Å². The van der Waals surface area contributed by atoms with Crippen LogP contribution in [0.15, 0.2) is 35.1 Å². The standard InChI is InChI=1S/C18H20N4O/c1-11-4-5-16-15(6-11)17(23)8-14(22-16)9-19-10-18-20-12(2)7-13(3)21-18/h4-8,19H,9-10H2,1-3H3,(H,22,23). The molecule has 3 aromatic rings. The fraction of sp³-hybridized carbons (Fsp3) is 0.278. The van der Waals surface area contributed by atoms with Crippen LogP contribution in [0.1, 0.15) is 28.5 Å². The van der Waals surface area contributed by atoms with Crippen molar-refractivity contribution in [2.45, 2.75) is 33.9 Å². The number of pyridine rings is 1. The molecule has 118 valence electrons. The normalized spacial score (nSPS) is 11.1. The molecule has 0 spiro atoms. The quantitative estimate of drug-likeness (QED) is 0.777. The molecule has 2 N–H and O–H groups in total. The van der Waals surface area contributed by atoms with Crippen molar-refractivity contribution in [3.63, 3.8) is 0 Å². The maximum atomic E-state index is 12.2. The minimum Gasteiger partial charge on any atom is -0.357 e. The number of hydrogen-bond donors (Lipinski definition) is 2. The molecular weight excluding hydrogens is 288 g/mol. The van der Waals surface area contributed by atoms with Gasteiger partial charge < -0.3 is 10.3 Å². The summed E-state index contributed by atoms with van der Waals surface area (Å²) in [6.45, 7) is 7.03. The van der Waals surface area contributed by atoms with E-state index >= 15 is 0 Å². The number of aryl methyl sites for hydroxylation is 3. The fourth-order valence-corrected chi connectivity index (χ4v) is 2.70. The third-order valence-corrected chi connectivity index (χ3v) is 3.67. The van der Waals surface area contributed by atoms with Gasteiger partial charge in [-0.2, -0.15) is 0 Å². The smallest absolute Gasteiger partial charge is 0.189 e. The Bertz CT molecular complexity index is 894. The molecule has 0 aliphatic carbocycles. The summed E-state index contributed by atoms with van der Waals surface area (Å²) in [5, 5.41) is 4.01. The third-order valence-electron chi connectivity index (χ3n) is 3.67. The summed E-state index contributed by atoms with van der Waals surface area (Å²) >= 11 is 0. The molecule has 0 amide bonds. The molecule has 0 unspecified atom stereocenters. The van der Waals surface area contributed by atoms with Crippen LogP contribution in [-0.2, 0) is 13.1 Å². The van der Waals surface area contributed by atoms with Crippen LogP contribution in [-0.4, -0.2) is 15.0 Å². The lowest BCUT2D eigenvalue weighted by Crippen LogP contribution is -2.18. The van der Waals surface area contributed by atoms with Gasteiger partial charge in [0.25, 0.3) is 0 Å². The summed E-state index contributed by atoms with van der Waals surface area (Å²) in [7, 11) is 0. The molecule has 0 bridgehead atoms. The molecule has 1 aromatic carbocycles. The summed E-state index contributed by atoms with van der Waals surface area (Å²) in [4.78, 5) is 24.3. The molecule has 0 atom stereocenters. The van der Waals surface area contributed by atoms with Crippen LogP contribution in [0.4, 0.5) is 0 Å². The van der Waals surface area contributed by atoms with Gasteiger partial charge >= 0.3 is 0 Å². The highest BCUT2D eigenvalue weighted by Gasteiger charge is 2.04. The highest BCUT2D eigenvalue weighted by Crippen LogP contribution is 2.10. The van der Waals surface area contributed by atoms with Crippen LogP contribution in [0, 0.1) is 20.8 Å². The minimum absolute atomic E-state index is 0.0434. The number of aromatic amines is 1. The molecule has 2 heterocycles. The van der Waals surface area contributed by atoms with Gasteiger partial charge in [0.05, 0.1) is 6.54 Å². The van der Waals surface area contributed by atoms with Gasteiger partial charge in [0.1, 0.15) is 5.82 Å². The molecule has 5 nitrogen and oxygen atoms in total. The van der Waals surface area contributed by atoms with Crippen LogP contribution in [0.2, 0.25) is 0 Å². The molecule has 0 aliphatic heterocycles. The van der Waals surface area contributed by atoms with Crippen LogP contribution in [0.25, 0.3) is 10.9 Å². The second kappa shape index (κ2) is 6.30. The Kier molecular flexibility index (Phi) is 4.21. The Morgan fingerprint density at radius 1 is 1.00 bits per heavy atom. The van der Waals surface area contributed by atoms with Gasteiger partial charge in [-0.25, -0.2) is 9.97 Å². The Morgan fingerprint density at radius 2 is 1.74 bits per heavy atom. The minimum atomic E-state index is 0.0434. The van der Waals surface area contributed by atoms with Gasteiger partial charge in [0, 0.05) is 40.6 Å². The van der Waals surface area contributed by atoms with E-state index in [1.807, 2.05) is 45.0 Å². The number of rotatable bonds is 4. The van der Waals surface area contributed by atoms with Crippen molar-refractivity contribution in [2.75, 3.05) is 0 Å². The van der Waals surface area contributed by atoms with E-state index in [-0.39, 0.29) is 5.43 Å². The number of H-pyrrole nitrogens is 1. The molecule has 3 rings (SSSR count). The second-order valence-electron chi connectivity index (χ2n) is 5.88. The molecule has 0 radical (unpaired) electrons. The van der Waals surface area contributed by atoms with Gasteiger partial charge in [-0.1, -0.05) is 11.6 Å². The van der Waals surface area contributed by atoms with Gasteiger partial charge in [0.2, 0.25) is 0 Å². The summed E-state index contributed by atoms with van der Waals surface area (Å²) in [6.07, 6.45) is 0. The fourth-order valence-electron chi connectivity index (χ4n) is 2.70. The van der Waals surface area contributed by atoms with Crippen LogP contribution in [0.5, 0.6) is 0 Å². The molecule has 0 saturated heterocycles. The predicted molar refractivity (Wildman–Crippen MR) is 91.4 cm³/mol. The van der Waals surface area contributed by atoms with Crippen molar-refractivity contribution in [2.24, 2.45) is 0 Å². The highest BCUT2D eigenvalue weighted by atomic mass is 16.1. The average molecular weight is 308 g/mol. The number of fused-ring (bicyclic) bond motifs is 1. The number of benzene rings is 1. The average Bonchev–Trinajstić information content (AvgIpc) is 2.47. The molecule has 2 aromatic heterocycles. The molecular formula is C18H20N4O. The van der Waals surface area contributed by atoms with Gasteiger partial charge in [0.15, 0.2) is 5.43 Å². The number of nitrogens with one attached hydrogen (secondary N) is 2. The van der Waals surface area contributed by atoms with Gasteiger partial charge in [-0.15, -0.1) is 0 Å².